The summed E-state index contributed by atoms with van der Waals surface area (Å²) in [7, 11) is 0. The van der Waals surface area contributed by atoms with E-state index in [9.17, 15) is 4.79 Å². The van der Waals surface area contributed by atoms with E-state index in [0.717, 1.165) is 30.8 Å². The third-order valence-corrected chi connectivity index (χ3v) is 3.70. The van der Waals surface area contributed by atoms with Crippen molar-refractivity contribution in [2.75, 3.05) is 17.2 Å². The minimum absolute atomic E-state index is 0.231. The van der Waals surface area contributed by atoms with E-state index in [1.54, 1.807) is 12.1 Å². The molecule has 1 aliphatic carbocycles. The van der Waals surface area contributed by atoms with Gasteiger partial charge in [0.2, 0.25) is 0 Å². The minimum atomic E-state index is -0.231. The fourth-order valence-electron chi connectivity index (χ4n) is 2.04. The number of nitrogens with zero attached hydrogens (tertiary/aromatic N) is 2. The maximum atomic E-state index is 11.6. The summed E-state index contributed by atoms with van der Waals surface area (Å²) in [5, 5.41) is 17.5. The van der Waals surface area contributed by atoms with Crippen molar-refractivity contribution in [3.63, 3.8) is 0 Å². The second-order valence-corrected chi connectivity index (χ2v) is 5.92. The summed E-state index contributed by atoms with van der Waals surface area (Å²) in [6, 6.07) is 11.4. The Balaban J connectivity index is 1.43. The highest BCUT2D eigenvalue weighted by Crippen LogP contribution is 2.18. The first-order valence-corrected chi connectivity index (χ1v) is 7.96. The first-order valence-electron chi connectivity index (χ1n) is 7.58. The number of hydrogen-bond donors (Lipinski definition) is 3. The van der Waals surface area contributed by atoms with Crippen LogP contribution in [-0.4, -0.2) is 28.8 Å². The van der Waals surface area contributed by atoms with E-state index in [1.807, 2.05) is 24.3 Å². The molecule has 3 rings (SSSR count). The third-order valence-electron chi connectivity index (χ3n) is 3.45. The van der Waals surface area contributed by atoms with Crippen LogP contribution in [0.3, 0.4) is 0 Å². The van der Waals surface area contributed by atoms with E-state index < -0.39 is 0 Å². The Morgan fingerprint density at radius 2 is 1.78 bits per heavy atom. The largest absolute Gasteiger partial charge is 0.368 e. The van der Waals surface area contributed by atoms with Gasteiger partial charge in [0.1, 0.15) is 5.82 Å². The van der Waals surface area contributed by atoms with E-state index >= 15 is 0 Å². The second-order valence-electron chi connectivity index (χ2n) is 5.48. The Morgan fingerprint density at radius 3 is 2.43 bits per heavy atom. The van der Waals surface area contributed by atoms with Gasteiger partial charge in [0, 0.05) is 17.6 Å². The smallest absolute Gasteiger partial charge is 0.320 e. The van der Waals surface area contributed by atoms with Crippen molar-refractivity contribution in [3.05, 3.63) is 47.0 Å². The van der Waals surface area contributed by atoms with Crippen molar-refractivity contribution in [1.29, 1.82) is 0 Å². The van der Waals surface area contributed by atoms with E-state index in [4.69, 9.17) is 11.6 Å². The lowest BCUT2D eigenvalue weighted by atomic mass is 10.1. The van der Waals surface area contributed by atoms with Gasteiger partial charge >= 0.3 is 6.03 Å². The molecule has 1 saturated carbocycles. The Morgan fingerprint density at radius 1 is 1.09 bits per heavy atom. The van der Waals surface area contributed by atoms with Crippen LogP contribution in [-0.2, 0) is 6.42 Å². The topological polar surface area (TPSA) is 78.9 Å². The van der Waals surface area contributed by atoms with Gasteiger partial charge < -0.3 is 10.6 Å². The number of hydrogen-bond acceptors (Lipinski definition) is 4. The van der Waals surface area contributed by atoms with Gasteiger partial charge in [-0.3, -0.25) is 5.32 Å². The van der Waals surface area contributed by atoms with Crippen LogP contribution in [0.4, 0.5) is 16.4 Å². The molecule has 120 valence electrons. The fourth-order valence-corrected chi connectivity index (χ4v) is 2.17. The van der Waals surface area contributed by atoms with Gasteiger partial charge in [-0.05, 0) is 49.1 Å². The Hall–Kier alpha value is -2.34. The minimum Gasteiger partial charge on any atom is -0.368 e. The number of urea groups is 1. The van der Waals surface area contributed by atoms with E-state index in [1.165, 1.54) is 5.56 Å². The molecule has 3 N–H and O–H groups in total. The van der Waals surface area contributed by atoms with Crippen molar-refractivity contribution < 1.29 is 4.79 Å². The van der Waals surface area contributed by atoms with Crippen molar-refractivity contribution in [3.8, 4) is 0 Å². The molecular formula is C16H18ClN5O. The van der Waals surface area contributed by atoms with Crippen LogP contribution in [0.1, 0.15) is 18.4 Å². The number of benzene rings is 1. The highest BCUT2D eigenvalue weighted by molar-refractivity contribution is 6.30. The molecule has 0 atom stereocenters. The fraction of sp³-hybridized carbons (Fsp3) is 0.312. The van der Waals surface area contributed by atoms with Crippen LogP contribution in [0.2, 0.25) is 5.02 Å². The maximum absolute atomic E-state index is 11.6. The number of carbonyl (C=O) groups is 1. The van der Waals surface area contributed by atoms with E-state index in [0.29, 0.717) is 17.7 Å². The van der Waals surface area contributed by atoms with Gasteiger partial charge in [-0.1, -0.05) is 23.7 Å². The van der Waals surface area contributed by atoms with E-state index in [-0.39, 0.29) is 6.03 Å². The molecule has 0 aliphatic heterocycles. The molecule has 0 unspecified atom stereocenters. The molecule has 1 aromatic heterocycles. The summed E-state index contributed by atoms with van der Waals surface area (Å²) in [5.41, 5.74) is 1.20. The summed E-state index contributed by atoms with van der Waals surface area (Å²) in [4.78, 5) is 11.6. The van der Waals surface area contributed by atoms with Crippen molar-refractivity contribution in [1.82, 2.24) is 15.5 Å². The zero-order valence-corrected chi connectivity index (χ0v) is 13.3. The number of nitrogens with one attached hydrogen (secondary N) is 3. The molecule has 0 spiro atoms. The molecule has 23 heavy (non-hydrogen) atoms. The second kappa shape index (κ2) is 7.28. The molecule has 0 saturated heterocycles. The Labute approximate surface area is 139 Å². The highest BCUT2D eigenvalue weighted by atomic mass is 35.5. The molecule has 2 amide bonds. The molecule has 2 aromatic rings. The molecule has 1 heterocycles. The summed E-state index contributed by atoms with van der Waals surface area (Å²) < 4.78 is 0. The van der Waals surface area contributed by atoms with Crippen LogP contribution in [0.5, 0.6) is 0 Å². The van der Waals surface area contributed by atoms with Gasteiger partial charge in [-0.15, -0.1) is 10.2 Å². The zero-order valence-electron chi connectivity index (χ0n) is 12.6. The number of anilines is 2. The Kier molecular flexibility index (Phi) is 4.92. The summed E-state index contributed by atoms with van der Waals surface area (Å²) in [5.74, 6) is 1.11. The van der Waals surface area contributed by atoms with Crippen LogP contribution in [0.15, 0.2) is 36.4 Å². The quantitative estimate of drug-likeness (QED) is 0.760. The van der Waals surface area contributed by atoms with Gasteiger partial charge in [-0.25, -0.2) is 4.79 Å². The summed E-state index contributed by atoms with van der Waals surface area (Å²) in [6.07, 6.45) is 2.97. The molecule has 1 aliphatic rings. The van der Waals surface area contributed by atoms with Crippen LogP contribution in [0.25, 0.3) is 0 Å². The number of halogens is 1. The molecule has 6 nitrogen and oxygen atoms in total. The summed E-state index contributed by atoms with van der Waals surface area (Å²) in [6.45, 7) is 0.741. The predicted molar refractivity (Wildman–Crippen MR) is 90.9 cm³/mol. The molecule has 0 radical (unpaired) electrons. The Bertz CT molecular complexity index is 655. The summed E-state index contributed by atoms with van der Waals surface area (Å²) >= 11 is 5.86. The zero-order chi connectivity index (χ0) is 16.1. The third kappa shape index (κ3) is 5.10. The van der Waals surface area contributed by atoms with Gasteiger partial charge in [-0.2, -0.15) is 0 Å². The molecule has 1 fully saturated rings. The maximum Gasteiger partial charge on any atom is 0.320 e. The van der Waals surface area contributed by atoms with Crippen molar-refractivity contribution in [2.45, 2.75) is 25.3 Å². The number of rotatable bonds is 6. The lowest BCUT2D eigenvalue weighted by molar-refractivity contribution is 0.251. The first kappa shape index (κ1) is 15.6. The van der Waals surface area contributed by atoms with Gasteiger partial charge in [0.25, 0.3) is 0 Å². The normalized spacial score (nSPS) is 13.4. The van der Waals surface area contributed by atoms with Crippen molar-refractivity contribution in [2.24, 2.45) is 0 Å². The predicted octanol–water partition coefficient (Wildman–Crippen LogP) is 3.07. The van der Waals surface area contributed by atoms with Crippen LogP contribution in [0, 0.1) is 0 Å². The highest BCUT2D eigenvalue weighted by Gasteiger charge is 2.23. The lowest BCUT2D eigenvalue weighted by Gasteiger charge is -2.07. The van der Waals surface area contributed by atoms with Crippen LogP contribution < -0.4 is 16.0 Å². The van der Waals surface area contributed by atoms with Gasteiger partial charge in [0.15, 0.2) is 5.82 Å². The SMILES string of the molecule is O=C(Nc1ccc(NCCc2ccc(Cl)cc2)nn1)NC1CC1. The molecule has 1 aromatic carbocycles. The van der Waals surface area contributed by atoms with E-state index in [2.05, 4.69) is 26.1 Å². The van der Waals surface area contributed by atoms with Crippen molar-refractivity contribution >= 4 is 29.3 Å². The number of amides is 2. The average Bonchev–Trinajstić information content (AvgIpc) is 3.35. The molecular weight excluding hydrogens is 314 g/mol. The molecule has 7 heteroatoms. The van der Waals surface area contributed by atoms with Crippen LogP contribution >= 0.6 is 11.6 Å². The number of carbonyl (C=O) groups excluding carboxylic acids is 1. The first-order chi connectivity index (χ1) is 11.2. The lowest BCUT2D eigenvalue weighted by Crippen LogP contribution is -2.30. The van der Waals surface area contributed by atoms with Gasteiger partial charge in [0.05, 0.1) is 0 Å². The standard InChI is InChI=1S/C16H18ClN5O/c17-12-3-1-11(2-4-12)9-10-18-14-7-8-15(22-21-14)20-16(23)19-13-5-6-13/h1-4,7-8,13H,5-6,9-10H2,(H,18,21)(H2,19,20,22,23). The molecule has 0 bridgehead atoms. The average molecular weight is 332 g/mol. The number of aromatic nitrogens is 2. The monoisotopic (exact) mass is 331 g/mol.